The summed E-state index contributed by atoms with van der Waals surface area (Å²) in [5.41, 5.74) is 5.46. The Labute approximate surface area is 77.2 Å². The number of hydrogen-bond acceptors (Lipinski definition) is 3. The Morgan fingerprint density at radius 2 is 2.15 bits per heavy atom. The molecule has 0 fully saturated rings. The van der Waals surface area contributed by atoms with E-state index in [9.17, 15) is 9.59 Å². The normalized spacial score (nSPS) is 9.85. The number of primary amides is 1. The second-order valence-electron chi connectivity index (χ2n) is 2.39. The molecular weight excluding hydrogens is 168 g/mol. The fourth-order valence-electron chi connectivity index (χ4n) is 0.633. The molecule has 0 saturated carbocycles. The molecule has 0 aliphatic heterocycles. The number of ketones is 1. The minimum Gasteiger partial charge on any atom is -0.380 e. The van der Waals surface area contributed by atoms with Gasteiger partial charge in [-0.2, -0.15) is 0 Å². The lowest BCUT2D eigenvalue weighted by atomic mass is 10.3. The van der Waals surface area contributed by atoms with Crippen molar-refractivity contribution < 1.29 is 9.59 Å². The molecule has 1 amide bonds. The van der Waals surface area contributed by atoms with Gasteiger partial charge in [-0.3, -0.25) is 9.59 Å². The summed E-state index contributed by atoms with van der Waals surface area (Å²) in [7, 11) is 0. The van der Waals surface area contributed by atoms with Gasteiger partial charge in [0.2, 0.25) is 11.7 Å². The van der Waals surface area contributed by atoms with Gasteiger partial charge in [-0.15, -0.1) is 0 Å². The molecule has 0 aliphatic carbocycles. The number of carbonyl (C=O) groups is 2. The zero-order valence-electron chi connectivity index (χ0n) is 7.68. The number of nitrogens with two attached hydrogens (primary N) is 1. The molecule has 0 heterocycles. The summed E-state index contributed by atoms with van der Waals surface area (Å²) in [6, 6.07) is 0. The number of rotatable bonds is 4. The van der Waals surface area contributed by atoms with Crippen LogP contribution in [0.3, 0.4) is 0 Å². The van der Waals surface area contributed by atoms with Crippen molar-refractivity contribution in [1.82, 2.24) is 5.32 Å². The highest BCUT2D eigenvalue weighted by atomic mass is 16.1. The third kappa shape index (κ3) is 6.63. The second-order valence-corrected chi connectivity index (χ2v) is 2.39. The van der Waals surface area contributed by atoms with E-state index in [-0.39, 0.29) is 12.3 Å². The zero-order chi connectivity index (χ0) is 10.3. The summed E-state index contributed by atoms with van der Waals surface area (Å²) >= 11 is 0. The Morgan fingerprint density at radius 3 is 2.62 bits per heavy atom. The molecule has 0 aromatic rings. The third-order valence-corrected chi connectivity index (χ3v) is 1.14. The molecule has 4 nitrogen and oxygen atoms in total. The predicted octanol–water partition coefficient (Wildman–Crippen LogP) is -0.442. The number of nitrogens with one attached hydrogen (secondary N) is 1. The van der Waals surface area contributed by atoms with Gasteiger partial charge in [0.05, 0.1) is 6.54 Å². The lowest BCUT2D eigenvalue weighted by Gasteiger charge is -2.00. The van der Waals surface area contributed by atoms with Crippen LogP contribution in [0, 0.1) is 11.8 Å². The SMILES string of the molecule is CC#CC(=O)/C=C(\C)NCC(N)=O. The highest BCUT2D eigenvalue weighted by Gasteiger charge is 1.95. The van der Waals surface area contributed by atoms with Gasteiger partial charge < -0.3 is 11.1 Å². The molecule has 13 heavy (non-hydrogen) atoms. The van der Waals surface area contributed by atoms with Crippen LogP contribution in [0.4, 0.5) is 0 Å². The Bertz CT molecular complexity index is 294. The molecule has 4 heteroatoms. The summed E-state index contributed by atoms with van der Waals surface area (Å²) in [5.74, 6) is 4.05. The van der Waals surface area contributed by atoms with Crippen LogP contribution in [0.15, 0.2) is 11.8 Å². The fraction of sp³-hybridized carbons (Fsp3) is 0.333. The van der Waals surface area contributed by atoms with Gasteiger partial charge in [0.15, 0.2) is 0 Å². The molecular formula is C9H12N2O2. The predicted molar refractivity (Wildman–Crippen MR) is 49.4 cm³/mol. The van der Waals surface area contributed by atoms with Crippen molar-refractivity contribution in [3.63, 3.8) is 0 Å². The number of amides is 1. The average molecular weight is 180 g/mol. The molecule has 0 unspecified atom stereocenters. The maximum Gasteiger partial charge on any atom is 0.236 e. The quantitative estimate of drug-likeness (QED) is 0.350. The van der Waals surface area contributed by atoms with E-state index in [2.05, 4.69) is 17.2 Å². The molecule has 0 aliphatic rings. The average Bonchev–Trinajstić information content (AvgIpc) is 2.01. The number of carbonyl (C=O) groups excluding carboxylic acids is 2. The maximum atomic E-state index is 10.9. The summed E-state index contributed by atoms with van der Waals surface area (Å²) in [6.07, 6.45) is 1.32. The molecule has 0 radical (unpaired) electrons. The smallest absolute Gasteiger partial charge is 0.236 e. The maximum absolute atomic E-state index is 10.9. The van der Waals surface area contributed by atoms with Crippen LogP contribution in [0.5, 0.6) is 0 Å². The Morgan fingerprint density at radius 1 is 1.54 bits per heavy atom. The van der Waals surface area contributed by atoms with Crippen LogP contribution < -0.4 is 11.1 Å². The summed E-state index contributed by atoms with van der Waals surface area (Å²) in [5, 5.41) is 2.67. The molecule has 0 aromatic carbocycles. The van der Waals surface area contributed by atoms with E-state index in [0.29, 0.717) is 5.70 Å². The monoisotopic (exact) mass is 180 g/mol. The van der Waals surface area contributed by atoms with Crippen LogP contribution in [0.25, 0.3) is 0 Å². The van der Waals surface area contributed by atoms with Gasteiger partial charge in [-0.25, -0.2) is 0 Å². The minimum atomic E-state index is -0.471. The van der Waals surface area contributed by atoms with Crippen LogP contribution in [0.1, 0.15) is 13.8 Å². The molecule has 0 atom stereocenters. The first-order valence-electron chi connectivity index (χ1n) is 3.73. The van der Waals surface area contributed by atoms with Crippen molar-refractivity contribution >= 4 is 11.7 Å². The molecule has 0 spiro atoms. The van der Waals surface area contributed by atoms with Crippen molar-refractivity contribution in [3.8, 4) is 11.8 Å². The van der Waals surface area contributed by atoms with Crippen LogP contribution in [-0.4, -0.2) is 18.2 Å². The highest BCUT2D eigenvalue weighted by molar-refractivity contribution is 6.04. The van der Waals surface area contributed by atoms with Gasteiger partial charge in [0.25, 0.3) is 0 Å². The topological polar surface area (TPSA) is 72.2 Å². The van der Waals surface area contributed by atoms with E-state index in [4.69, 9.17) is 5.73 Å². The van der Waals surface area contributed by atoms with E-state index < -0.39 is 5.91 Å². The molecule has 0 saturated heterocycles. The number of allylic oxidation sites excluding steroid dienone is 2. The van der Waals surface area contributed by atoms with Gasteiger partial charge in [-0.05, 0) is 19.8 Å². The van der Waals surface area contributed by atoms with E-state index >= 15 is 0 Å². The third-order valence-electron chi connectivity index (χ3n) is 1.14. The largest absolute Gasteiger partial charge is 0.380 e. The van der Waals surface area contributed by atoms with Crippen molar-refractivity contribution in [2.75, 3.05) is 6.54 Å². The lowest BCUT2D eigenvalue weighted by molar-refractivity contribution is -0.117. The molecule has 0 rings (SSSR count). The first-order valence-corrected chi connectivity index (χ1v) is 3.73. The van der Waals surface area contributed by atoms with E-state index in [0.717, 1.165) is 0 Å². The molecule has 0 bridgehead atoms. The molecule has 70 valence electrons. The first kappa shape index (κ1) is 11.2. The van der Waals surface area contributed by atoms with Gasteiger partial charge in [0, 0.05) is 11.8 Å². The standard InChI is InChI=1S/C9H12N2O2/c1-3-4-8(12)5-7(2)11-6-9(10)13/h5,11H,6H2,1-2H3,(H2,10,13)/b7-5+. The van der Waals surface area contributed by atoms with Crippen LogP contribution in [-0.2, 0) is 9.59 Å². The molecule has 0 aromatic heterocycles. The summed E-state index contributed by atoms with van der Waals surface area (Å²) < 4.78 is 0. The lowest BCUT2D eigenvalue weighted by Crippen LogP contribution is -2.27. The van der Waals surface area contributed by atoms with E-state index in [1.807, 2.05) is 0 Å². The van der Waals surface area contributed by atoms with Gasteiger partial charge in [-0.1, -0.05) is 5.92 Å². The van der Waals surface area contributed by atoms with Crippen molar-refractivity contribution in [2.24, 2.45) is 5.73 Å². The minimum absolute atomic E-state index is 0.0230. The Balaban J connectivity index is 4.06. The Hall–Kier alpha value is -1.76. The highest BCUT2D eigenvalue weighted by Crippen LogP contribution is 1.85. The van der Waals surface area contributed by atoms with Crippen molar-refractivity contribution in [3.05, 3.63) is 11.8 Å². The van der Waals surface area contributed by atoms with Crippen molar-refractivity contribution in [2.45, 2.75) is 13.8 Å². The summed E-state index contributed by atoms with van der Waals surface area (Å²) in [4.78, 5) is 21.2. The Kier molecular flexibility index (Phi) is 5.05. The fourth-order valence-corrected chi connectivity index (χ4v) is 0.633. The molecule has 3 N–H and O–H groups in total. The second kappa shape index (κ2) is 5.84. The zero-order valence-corrected chi connectivity index (χ0v) is 7.68. The van der Waals surface area contributed by atoms with Gasteiger partial charge >= 0.3 is 0 Å². The summed E-state index contributed by atoms with van der Waals surface area (Å²) in [6.45, 7) is 3.27. The van der Waals surface area contributed by atoms with Gasteiger partial charge in [0.1, 0.15) is 0 Å². The number of hydrogen-bond donors (Lipinski definition) is 2. The first-order chi connectivity index (χ1) is 6.06. The van der Waals surface area contributed by atoms with E-state index in [1.54, 1.807) is 13.8 Å². The van der Waals surface area contributed by atoms with Crippen molar-refractivity contribution in [1.29, 1.82) is 0 Å². The van der Waals surface area contributed by atoms with E-state index in [1.165, 1.54) is 6.08 Å². The van der Waals surface area contributed by atoms with Crippen LogP contribution in [0.2, 0.25) is 0 Å². The van der Waals surface area contributed by atoms with Crippen LogP contribution >= 0.6 is 0 Å².